The third-order valence-corrected chi connectivity index (χ3v) is 7.92. The van der Waals surface area contributed by atoms with Gasteiger partial charge in [-0.05, 0) is 18.9 Å². The maximum Gasteiger partial charge on any atom is 0.431 e. The summed E-state index contributed by atoms with van der Waals surface area (Å²) in [4.78, 5) is 5.04. The van der Waals surface area contributed by atoms with E-state index in [2.05, 4.69) is 10.1 Å². The summed E-state index contributed by atoms with van der Waals surface area (Å²) in [5.74, 6) is -1.99. The van der Waals surface area contributed by atoms with E-state index in [0.717, 1.165) is 15.7 Å². The Hall–Kier alpha value is -2.51. The number of hydrogen-bond acceptors (Lipinski definition) is 5. The molecule has 0 fully saturated rings. The van der Waals surface area contributed by atoms with Crippen molar-refractivity contribution in [3.05, 3.63) is 22.8 Å². The van der Waals surface area contributed by atoms with Crippen LogP contribution in [-0.2, 0) is 36.4 Å². The molecule has 2 aromatic rings. The quantitative estimate of drug-likeness (QED) is 0.607. The van der Waals surface area contributed by atoms with Crippen LogP contribution in [0.1, 0.15) is 30.4 Å². The molecule has 0 bridgehead atoms. The summed E-state index contributed by atoms with van der Waals surface area (Å²) >= 11 is 0. The van der Waals surface area contributed by atoms with E-state index in [-0.39, 0.29) is 52.9 Å². The molecule has 14 heteroatoms. The predicted octanol–water partition coefficient (Wildman–Crippen LogP) is 3.55. The van der Waals surface area contributed by atoms with Crippen LogP contribution in [0.3, 0.4) is 0 Å². The Morgan fingerprint density at radius 3 is 2.36 bits per heavy atom. The van der Waals surface area contributed by atoms with Crippen molar-refractivity contribution in [1.29, 1.82) is 0 Å². The number of rotatable bonds is 3. The van der Waals surface area contributed by atoms with Gasteiger partial charge in [0.2, 0.25) is 0 Å². The van der Waals surface area contributed by atoms with E-state index < -0.39 is 40.3 Å². The largest absolute Gasteiger partial charge is 0.431 e. The lowest BCUT2D eigenvalue weighted by molar-refractivity contribution is -0.182. The van der Waals surface area contributed by atoms with Crippen LogP contribution in [0.25, 0.3) is 17.6 Å². The van der Waals surface area contributed by atoms with E-state index in [4.69, 9.17) is 0 Å². The van der Waals surface area contributed by atoms with Crippen molar-refractivity contribution in [3.63, 3.8) is 0 Å². The van der Waals surface area contributed by atoms with Crippen molar-refractivity contribution in [3.8, 4) is 11.5 Å². The smallest absolute Gasteiger partial charge is 0.365 e. The fraction of sp³-hybridized carbons (Fsp3) is 0.579. The first-order chi connectivity index (χ1) is 15.1. The van der Waals surface area contributed by atoms with E-state index >= 15 is 0 Å². The van der Waals surface area contributed by atoms with Crippen LogP contribution in [0.2, 0.25) is 0 Å². The molecule has 2 aromatic heterocycles. The van der Waals surface area contributed by atoms with Crippen molar-refractivity contribution in [2.75, 3.05) is 12.8 Å². The van der Waals surface area contributed by atoms with E-state index in [1.807, 2.05) is 0 Å². The molecule has 0 amide bonds. The van der Waals surface area contributed by atoms with Crippen molar-refractivity contribution < 1.29 is 34.8 Å². The number of hydrogen-bond donors (Lipinski definition) is 0. The minimum absolute atomic E-state index is 0.00874. The maximum absolute atomic E-state index is 13.3. The van der Waals surface area contributed by atoms with Gasteiger partial charge in [-0.2, -0.15) is 31.4 Å². The van der Waals surface area contributed by atoms with E-state index in [1.54, 1.807) is 0 Å². The predicted molar refractivity (Wildman–Crippen MR) is 106 cm³/mol. The lowest BCUT2D eigenvalue weighted by Gasteiger charge is -2.27. The zero-order valence-corrected chi connectivity index (χ0v) is 18.7. The van der Waals surface area contributed by atoms with E-state index in [9.17, 15) is 34.8 Å². The number of fused-ring (bicyclic) bond motifs is 2. The van der Waals surface area contributed by atoms with E-state index in [0.29, 0.717) is 5.69 Å². The molecule has 4 heterocycles. The zero-order chi connectivity index (χ0) is 24.5. The Labute approximate surface area is 185 Å². The van der Waals surface area contributed by atoms with Crippen molar-refractivity contribution in [2.45, 2.75) is 50.1 Å². The van der Waals surface area contributed by atoms with Crippen LogP contribution < -0.4 is 0 Å². The molecule has 1 atom stereocenters. The van der Waals surface area contributed by atoms with Gasteiger partial charge in [0.25, 0.3) is 0 Å². The van der Waals surface area contributed by atoms with Crippen LogP contribution >= 0.6 is 0 Å². The van der Waals surface area contributed by atoms with Gasteiger partial charge in [-0.1, -0.05) is 6.92 Å². The molecule has 0 N–H and O–H groups in total. The minimum atomic E-state index is -4.61. The normalized spacial score (nSPS) is 19.4. The molecule has 0 spiro atoms. The average Bonchev–Trinajstić information content (AvgIpc) is 3.23. The first-order valence-corrected chi connectivity index (χ1v) is 11.8. The summed E-state index contributed by atoms with van der Waals surface area (Å²) in [5.41, 5.74) is -0.470. The van der Waals surface area contributed by atoms with Gasteiger partial charge in [-0.15, -0.1) is 0 Å². The van der Waals surface area contributed by atoms with Gasteiger partial charge < -0.3 is 9.47 Å². The molecule has 2 aliphatic rings. The first kappa shape index (κ1) is 23.6. The second-order valence-electron chi connectivity index (χ2n) is 8.20. The Kier molecular flexibility index (Phi) is 5.37. The van der Waals surface area contributed by atoms with Crippen LogP contribution in [-0.4, -0.2) is 57.8 Å². The summed E-state index contributed by atoms with van der Waals surface area (Å²) in [6.07, 6.45) is -8.62. The molecule has 0 aliphatic carbocycles. The first-order valence-electron chi connectivity index (χ1n) is 10.1. The number of imidazole rings is 1. The fourth-order valence-electron chi connectivity index (χ4n) is 4.29. The van der Waals surface area contributed by atoms with Gasteiger partial charge in [0.05, 0.1) is 41.8 Å². The van der Waals surface area contributed by atoms with Gasteiger partial charge in [0, 0.05) is 14.1 Å². The molecule has 2 aliphatic heterocycles. The highest BCUT2D eigenvalue weighted by molar-refractivity contribution is 7.91. The summed E-state index contributed by atoms with van der Waals surface area (Å²) in [6.45, 7) is 0.737. The van der Waals surface area contributed by atoms with Crippen molar-refractivity contribution in [1.82, 2.24) is 24.2 Å². The lowest BCUT2D eigenvalue weighted by atomic mass is 9.98. The Morgan fingerprint density at radius 1 is 1.12 bits per heavy atom. The van der Waals surface area contributed by atoms with Gasteiger partial charge in [0.1, 0.15) is 16.3 Å². The fourth-order valence-corrected chi connectivity index (χ4v) is 5.57. The zero-order valence-electron chi connectivity index (χ0n) is 17.9. The minimum Gasteiger partial charge on any atom is -0.365 e. The SMILES string of the molecule is CCS(=O)(=O)c1c(-c2nc3c(n2C)CN(C)C(C(F)(F)F)=C3)nn2c1CCC(C(F)(F)F)C2. The standard InChI is InChI=1S/C19H21F6N5O2S/c1-4-33(31,32)16-12-6-5-10(18(20,21)22)8-30(12)27-15(16)17-26-11-7-14(19(23,24)25)28(2)9-13(11)29(17)3/h7,10H,4-6,8-9H2,1-3H3. The second-order valence-corrected chi connectivity index (χ2v) is 10.4. The maximum atomic E-state index is 13.3. The third kappa shape index (κ3) is 3.91. The average molecular weight is 497 g/mol. The summed E-state index contributed by atoms with van der Waals surface area (Å²) in [5, 5.41) is 4.19. The number of nitrogens with zero attached hydrogens (tertiary/aromatic N) is 5. The number of alkyl halides is 6. The monoisotopic (exact) mass is 497 g/mol. The van der Waals surface area contributed by atoms with Crippen molar-refractivity contribution >= 4 is 15.9 Å². The van der Waals surface area contributed by atoms with Crippen LogP contribution in [0, 0.1) is 5.92 Å². The molecular weight excluding hydrogens is 476 g/mol. The number of allylic oxidation sites excluding steroid dienone is 1. The molecule has 0 saturated heterocycles. The van der Waals surface area contributed by atoms with Crippen LogP contribution in [0.15, 0.2) is 10.6 Å². The summed E-state index contributed by atoms with van der Waals surface area (Å²) < 4.78 is 108. The highest BCUT2D eigenvalue weighted by Gasteiger charge is 2.44. The Morgan fingerprint density at radius 2 is 1.79 bits per heavy atom. The van der Waals surface area contributed by atoms with Crippen molar-refractivity contribution in [2.24, 2.45) is 13.0 Å². The molecule has 1 unspecified atom stereocenters. The number of sulfone groups is 1. The Balaban J connectivity index is 1.90. The molecule has 0 saturated carbocycles. The molecule has 7 nitrogen and oxygen atoms in total. The second kappa shape index (κ2) is 7.50. The molecule has 0 radical (unpaired) electrons. The molecule has 33 heavy (non-hydrogen) atoms. The summed E-state index contributed by atoms with van der Waals surface area (Å²) in [6, 6.07) is 0. The highest BCUT2D eigenvalue weighted by atomic mass is 32.2. The highest BCUT2D eigenvalue weighted by Crippen LogP contribution is 2.40. The molecule has 4 rings (SSSR count). The molecular formula is C19H21F6N5O2S. The molecule has 0 aromatic carbocycles. The van der Waals surface area contributed by atoms with Crippen LogP contribution in [0.4, 0.5) is 26.3 Å². The molecule has 182 valence electrons. The van der Waals surface area contributed by atoms with Gasteiger partial charge in [-0.3, -0.25) is 4.68 Å². The number of aromatic nitrogens is 4. The van der Waals surface area contributed by atoms with Gasteiger partial charge in [-0.25, -0.2) is 13.4 Å². The van der Waals surface area contributed by atoms with Crippen LogP contribution in [0.5, 0.6) is 0 Å². The Bertz CT molecular complexity index is 1240. The lowest BCUT2D eigenvalue weighted by Crippen LogP contribution is -2.32. The topological polar surface area (TPSA) is 73.0 Å². The van der Waals surface area contributed by atoms with Gasteiger partial charge in [0.15, 0.2) is 15.7 Å². The third-order valence-electron chi connectivity index (χ3n) is 6.10. The number of halogens is 6. The van der Waals surface area contributed by atoms with E-state index in [1.165, 1.54) is 25.6 Å². The summed E-state index contributed by atoms with van der Waals surface area (Å²) in [7, 11) is -1.13. The van der Waals surface area contributed by atoms with Gasteiger partial charge >= 0.3 is 12.4 Å².